The van der Waals surface area contributed by atoms with Gasteiger partial charge in [0.25, 0.3) is 0 Å². The molecule has 0 spiro atoms. The van der Waals surface area contributed by atoms with Crippen molar-refractivity contribution >= 4 is 23.3 Å². The molecule has 0 saturated carbocycles. The van der Waals surface area contributed by atoms with Crippen molar-refractivity contribution in [3.8, 4) is 5.75 Å². The van der Waals surface area contributed by atoms with Crippen LogP contribution in [-0.2, 0) is 21.3 Å². The van der Waals surface area contributed by atoms with Crippen LogP contribution in [0.15, 0.2) is 88.8 Å². The number of carbonyl (C=O) groups excluding carboxylic acids is 1. The van der Waals surface area contributed by atoms with Gasteiger partial charge >= 0.3 is 16.5 Å². The van der Waals surface area contributed by atoms with Crippen molar-refractivity contribution in [3.05, 3.63) is 95.6 Å². The van der Waals surface area contributed by atoms with E-state index >= 15 is 0 Å². The number of aliphatic carboxylic acids is 1. The summed E-state index contributed by atoms with van der Waals surface area (Å²) in [7, 11) is 1.54. The van der Waals surface area contributed by atoms with E-state index in [2.05, 4.69) is 9.89 Å². The molecule has 218 valence electrons. The number of hydrogen-bond donors (Lipinski definition) is 1. The molecule has 1 aliphatic rings. The second kappa shape index (κ2) is 16.1. The van der Waals surface area contributed by atoms with Crippen LogP contribution in [0.2, 0.25) is 0 Å². The normalized spacial score (nSPS) is 16.0. The standard InChI is InChI=1S/C32H37N3O5.Ni/c1-40-25-14-10-13-24(21-25)26(17-20-36)31(32(38)39)34-30(23-11-4-2-5-12-23)27-15-6-7-16-28(27)33-29(37)22-35-18-8-3-9-19-35;/h2,4-7,10-16,21,26,31,36H,3,8-9,17-20,22H2,1H3,(H,33,37)(H,38,39);/q;+2/p-2/t26-,31-;/m0./s1. The van der Waals surface area contributed by atoms with Gasteiger partial charge in [-0.25, -0.2) is 0 Å². The molecular formula is C32H35N3NiO5. The summed E-state index contributed by atoms with van der Waals surface area (Å²) in [5.41, 5.74) is 2.68. The molecule has 3 aromatic carbocycles. The Labute approximate surface area is 251 Å². The van der Waals surface area contributed by atoms with E-state index in [0.29, 0.717) is 33.8 Å². The van der Waals surface area contributed by atoms with Gasteiger partial charge in [0.05, 0.1) is 30.5 Å². The van der Waals surface area contributed by atoms with Gasteiger partial charge in [0, 0.05) is 30.2 Å². The molecule has 0 aromatic heterocycles. The number of aliphatic hydroxyl groups excluding tert-OH is 1. The van der Waals surface area contributed by atoms with Crippen LogP contribution in [0.5, 0.6) is 5.75 Å². The molecule has 41 heavy (non-hydrogen) atoms. The zero-order chi connectivity index (χ0) is 28.3. The molecule has 0 aliphatic carbocycles. The van der Waals surface area contributed by atoms with Crippen LogP contribution >= 0.6 is 0 Å². The Balaban J connectivity index is 0.00000462. The fourth-order valence-corrected chi connectivity index (χ4v) is 5.11. The maximum atomic E-state index is 13.0. The number of carbonyl (C=O) groups is 1. The molecule has 8 nitrogen and oxygen atoms in total. The van der Waals surface area contributed by atoms with Gasteiger partial charge in [-0.15, -0.1) is 0 Å². The van der Waals surface area contributed by atoms with Crippen LogP contribution in [0, 0.1) is 0 Å². The summed E-state index contributed by atoms with van der Waals surface area (Å²) < 4.78 is 5.34. The van der Waals surface area contributed by atoms with E-state index in [1.165, 1.54) is 13.5 Å². The van der Waals surface area contributed by atoms with Crippen molar-refractivity contribution < 1.29 is 41.3 Å². The molecule has 0 amide bonds. The van der Waals surface area contributed by atoms with Gasteiger partial charge in [-0.3, -0.25) is 14.9 Å². The number of carboxylic acids is 1. The first-order valence-electron chi connectivity index (χ1n) is 13.7. The van der Waals surface area contributed by atoms with Crippen molar-refractivity contribution in [2.24, 2.45) is 9.98 Å². The number of benzene rings is 3. The summed E-state index contributed by atoms with van der Waals surface area (Å²) in [5, 5.41) is 35.4. The minimum Gasteiger partial charge on any atom is -0.861 e. The molecule has 0 unspecified atom stereocenters. The van der Waals surface area contributed by atoms with Crippen LogP contribution < -0.4 is 14.9 Å². The van der Waals surface area contributed by atoms with E-state index in [9.17, 15) is 20.1 Å². The number of methoxy groups -OCH3 is 1. The Kier molecular flexibility index (Phi) is 12.5. The van der Waals surface area contributed by atoms with Gasteiger partial charge in [-0.1, -0.05) is 67.1 Å². The Morgan fingerprint density at radius 1 is 0.976 bits per heavy atom. The fraction of sp³-hybridized carbons (Fsp3) is 0.344. The molecule has 4 rings (SSSR count). The first-order chi connectivity index (χ1) is 19.5. The number of rotatable bonds is 12. The molecule has 1 saturated heterocycles. The van der Waals surface area contributed by atoms with E-state index in [-0.39, 0.29) is 42.0 Å². The summed E-state index contributed by atoms with van der Waals surface area (Å²) in [4.78, 5) is 23.9. The smallest absolute Gasteiger partial charge is 0.861 e. The predicted molar refractivity (Wildman–Crippen MR) is 152 cm³/mol. The minimum atomic E-state index is -1.37. The Bertz CT molecular complexity index is 1330. The van der Waals surface area contributed by atoms with Gasteiger partial charge in [0.1, 0.15) is 5.75 Å². The molecule has 0 bridgehead atoms. The summed E-state index contributed by atoms with van der Waals surface area (Å²) >= 11 is 0. The number of ether oxygens (including phenoxy) is 1. The second-order valence-corrected chi connectivity index (χ2v) is 9.86. The van der Waals surface area contributed by atoms with E-state index in [4.69, 9.17) is 9.73 Å². The third-order valence-electron chi connectivity index (χ3n) is 7.11. The van der Waals surface area contributed by atoms with Crippen LogP contribution in [-0.4, -0.2) is 67.0 Å². The third kappa shape index (κ3) is 8.73. The number of likely N-dealkylation sites (tertiary alicyclic amines) is 1. The average molecular weight is 600 g/mol. The Hall–Kier alpha value is -3.52. The first-order valence-corrected chi connectivity index (χ1v) is 13.7. The molecular weight excluding hydrogens is 565 g/mol. The van der Waals surface area contributed by atoms with E-state index < -0.39 is 17.9 Å². The molecule has 3 aromatic rings. The molecule has 9 heteroatoms. The van der Waals surface area contributed by atoms with Crippen molar-refractivity contribution in [1.29, 1.82) is 0 Å². The quantitative estimate of drug-likeness (QED) is 0.194. The molecule has 2 atom stereocenters. The number of nitrogens with zero attached hydrogens (tertiary/aromatic N) is 3. The van der Waals surface area contributed by atoms with E-state index in [0.717, 1.165) is 25.9 Å². The molecule has 1 aliphatic heterocycles. The first kappa shape index (κ1) is 32.0. The number of para-hydroxylation sites is 1. The molecule has 1 heterocycles. The fourth-order valence-electron chi connectivity index (χ4n) is 5.11. The maximum Gasteiger partial charge on any atom is 2.00 e. The summed E-state index contributed by atoms with van der Waals surface area (Å²) in [6, 6.07) is 22.1. The summed E-state index contributed by atoms with van der Waals surface area (Å²) in [6.45, 7) is 1.76. The van der Waals surface area contributed by atoms with E-state index in [1.807, 2.05) is 36.4 Å². The number of aliphatic hydroxyl groups is 1. The topological polar surface area (TPSA) is 121 Å². The predicted octanol–water partition coefficient (Wildman–Crippen LogP) is 2.69. The minimum absolute atomic E-state index is 0. The van der Waals surface area contributed by atoms with E-state index in [1.54, 1.807) is 42.5 Å². The Morgan fingerprint density at radius 3 is 2.37 bits per heavy atom. The Morgan fingerprint density at radius 2 is 1.68 bits per heavy atom. The van der Waals surface area contributed by atoms with Crippen molar-refractivity contribution in [1.82, 2.24) is 4.90 Å². The SMILES string of the molecule is COc1cccc([C@H](CCO)[C@H](N=C(c2ccccc2)c2ccccc2N=C([O-])CN2CCCCC2)C(=O)[O-])c1.[Ni+2]. The zero-order valence-electron chi connectivity index (χ0n) is 23.1. The van der Waals surface area contributed by atoms with Gasteiger partial charge in [0.2, 0.25) is 0 Å². The van der Waals surface area contributed by atoms with Gasteiger partial charge in [-0.2, -0.15) is 0 Å². The average Bonchev–Trinajstić information content (AvgIpc) is 2.98. The van der Waals surface area contributed by atoms with Crippen LogP contribution in [0.1, 0.15) is 48.3 Å². The summed E-state index contributed by atoms with van der Waals surface area (Å²) in [6.07, 6.45) is 3.47. The maximum absolute atomic E-state index is 13.0. The van der Waals surface area contributed by atoms with Crippen molar-refractivity contribution in [2.45, 2.75) is 37.6 Å². The van der Waals surface area contributed by atoms with Crippen LogP contribution in [0.4, 0.5) is 5.69 Å². The number of carboxylic acid groups (broad SMARTS) is 1. The largest absolute Gasteiger partial charge is 2.00 e. The van der Waals surface area contributed by atoms with Crippen LogP contribution in [0.3, 0.4) is 0 Å². The number of aliphatic imine (C=N–C) groups is 2. The second-order valence-electron chi connectivity index (χ2n) is 9.86. The molecule has 0 radical (unpaired) electrons. The molecule has 1 fully saturated rings. The number of hydrogen-bond acceptors (Lipinski definition) is 8. The van der Waals surface area contributed by atoms with Crippen molar-refractivity contribution in [2.75, 3.05) is 33.4 Å². The monoisotopic (exact) mass is 599 g/mol. The van der Waals surface area contributed by atoms with Gasteiger partial charge in [-0.05, 0) is 62.0 Å². The zero-order valence-corrected chi connectivity index (χ0v) is 24.0. The van der Waals surface area contributed by atoms with Gasteiger partial charge < -0.3 is 24.9 Å². The summed E-state index contributed by atoms with van der Waals surface area (Å²) in [5.74, 6) is -1.74. The van der Waals surface area contributed by atoms with Crippen LogP contribution in [0.25, 0.3) is 0 Å². The molecule has 1 N–H and O–H groups in total. The van der Waals surface area contributed by atoms with Gasteiger partial charge in [0.15, 0.2) is 0 Å². The number of piperidine rings is 1. The van der Waals surface area contributed by atoms with Crippen molar-refractivity contribution in [3.63, 3.8) is 0 Å². The third-order valence-corrected chi connectivity index (χ3v) is 7.11.